The third-order valence-electron chi connectivity index (χ3n) is 14.6. The highest BCUT2D eigenvalue weighted by atomic mass is 32.2. The van der Waals surface area contributed by atoms with E-state index in [2.05, 4.69) is 67.3 Å². The lowest BCUT2D eigenvalue weighted by atomic mass is 9.89. The number of hydrogen-bond donors (Lipinski definition) is 4. The number of azide groups is 1. The molecule has 0 spiro atoms. The number of aromatic nitrogens is 13. The van der Waals surface area contributed by atoms with Crippen molar-refractivity contribution < 1.29 is 58.4 Å². The molecule has 4 aliphatic rings. The fourth-order valence-electron chi connectivity index (χ4n) is 10.0. The van der Waals surface area contributed by atoms with Crippen LogP contribution >= 0.6 is 23.5 Å². The second-order valence-corrected chi connectivity index (χ2v) is 22.6. The Morgan fingerprint density at radius 3 is 1.71 bits per heavy atom. The minimum atomic E-state index is -1.14. The summed E-state index contributed by atoms with van der Waals surface area (Å²) in [6.07, 6.45) is 11.0. The summed E-state index contributed by atoms with van der Waals surface area (Å²) < 4.78 is 45.6. The molecule has 9 heterocycles. The van der Waals surface area contributed by atoms with Gasteiger partial charge in [-0.15, -0.1) is 45.2 Å². The largest absolute Gasteiger partial charge is 0.463 e. The van der Waals surface area contributed by atoms with Gasteiger partial charge in [-0.05, 0) is 23.6 Å². The van der Waals surface area contributed by atoms with E-state index >= 15 is 0 Å². The fourth-order valence-corrected chi connectivity index (χ4v) is 13.0. The molecule has 4 aliphatic heterocycles. The van der Waals surface area contributed by atoms with E-state index in [1.807, 2.05) is 67.6 Å². The average molecular weight is 1210 g/mol. The van der Waals surface area contributed by atoms with E-state index in [-0.39, 0.29) is 44.2 Å². The Balaban J connectivity index is 0.000000181. The number of carbonyl (C=O) groups excluding carboxylic acids is 1. The molecule has 7 aromatic rings. The maximum absolute atomic E-state index is 11.4. The molecular formula is C55H64N16O12S2. The molecule has 4 N–H and O–H groups in total. The summed E-state index contributed by atoms with van der Waals surface area (Å²) in [4.78, 5) is 14.4. The number of benzene rings is 2. The van der Waals surface area contributed by atoms with Crippen LogP contribution in [-0.2, 0) is 38.0 Å². The topological polar surface area (TPSA) is 355 Å². The molecule has 28 nitrogen and oxygen atoms in total. The van der Waals surface area contributed by atoms with Gasteiger partial charge in [0.25, 0.3) is 0 Å². The summed E-state index contributed by atoms with van der Waals surface area (Å²) >= 11 is 2.67. The standard InChI is InChI=1S/C26H30N8O6S.C23H30N6O6S.C6H4N2/c1-38-25-22(34-11-18(30-32-34)16-7-8-27-28-9-16)24(37)20(12-35)40-26(25)41-21-14-39-13-19(23(21)36)33-10-17(29-31-33)15-5-3-2-4-6-15;1-13-18(11-34-14(2)30)35-23(22(32-3)20(13)26-27-24)36-19-12-33-10-17(21(19)31)29-9-16(25-28-29)15-7-5-4-6-8-15;1-2-6-3-4-7-8-5-6/h2-11,19-26,35-37H,12-14H2,1H3;4-9,13,17-23,31H,10-12H2,1-3H3;1,3-5H. The molecule has 16 atom stereocenters. The number of nitrogens with zero attached hydrogens (tertiary/aromatic N) is 16. The molecule has 5 aromatic heterocycles. The highest BCUT2D eigenvalue weighted by Crippen LogP contribution is 2.43. The summed E-state index contributed by atoms with van der Waals surface area (Å²) in [5.74, 6) is 1.74. The highest BCUT2D eigenvalue weighted by Gasteiger charge is 2.50. The van der Waals surface area contributed by atoms with Gasteiger partial charge >= 0.3 is 5.97 Å². The molecular weight excluding hydrogens is 1140 g/mol. The number of hydrogen-bond acceptors (Lipinski definition) is 25. The van der Waals surface area contributed by atoms with E-state index in [1.54, 1.807) is 64.9 Å². The first kappa shape index (κ1) is 62.2. The minimum absolute atomic E-state index is 0.0228. The first-order valence-electron chi connectivity index (χ1n) is 27.0. The zero-order valence-electron chi connectivity index (χ0n) is 46.6. The van der Waals surface area contributed by atoms with Crippen LogP contribution in [0.4, 0.5) is 0 Å². The van der Waals surface area contributed by atoms with E-state index in [1.165, 1.54) is 49.3 Å². The van der Waals surface area contributed by atoms with E-state index in [4.69, 9.17) is 45.1 Å². The molecule has 0 amide bonds. The maximum Gasteiger partial charge on any atom is 0.302 e. The van der Waals surface area contributed by atoms with Gasteiger partial charge in [0.05, 0.1) is 111 Å². The SMILES string of the molecule is C#Cc1ccnnc1.COC1C(SC2COCC(n3cc(-c4ccccc4)nn3)C2O)OC(CO)C(O)C1n1cc(-c2ccnnc2)nn1.COC1C(SC2COCC(n3cc(-c4ccccc4)nn3)C2O)OC(COC(C)=O)C(C)C1N=[N+]=[N-]. The van der Waals surface area contributed by atoms with Gasteiger partial charge in [0, 0.05) is 48.3 Å². The molecule has 0 aliphatic carbocycles. The van der Waals surface area contributed by atoms with Gasteiger partial charge in [0.2, 0.25) is 0 Å². The molecule has 30 heteroatoms. The van der Waals surface area contributed by atoms with Crippen LogP contribution in [0.5, 0.6) is 0 Å². The molecule has 448 valence electrons. The van der Waals surface area contributed by atoms with Crippen molar-refractivity contribution in [3.05, 3.63) is 132 Å². The molecule has 0 radical (unpaired) electrons. The quantitative estimate of drug-likeness (QED) is 0.0354. The van der Waals surface area contributed by atoms with Crippen molar-refractivity contribution in [1.82, 2.24) is 65.4 Å². The van der Waals surface area contributed by atoms with Crippen molar-refractivity contribution in [3.63, 3.8) is 0 Å². The predicted molar refractivity (Wildman–Crippen MR) is 306 cm³/mol. The van der Waals surface area contributed by atoms with Crippen LogP contribution < -0.4 is 0 Å². The zero-order chi connectivity index (χ0) is 59.8. The van der Waals surface area contributed by atoms with Crippen LogP contribution in [0.2, 0.25) is 0 Å². The van der Waals surface area contributed by atoms with Crippen LogP contribution in [-0.4, -0.2) is 216 Å². The number of terminal acetylenes is 1. The first-order chi connectivity index (χ1) is 41.4. The van der Waals surface area contributed by atoms with E-state index in [9.17, 15) is 25.2 Å². The Labute approximate surface area is 496 Å². The number of thioether (sulfide) groups is 2. The number of esters is 1. The molecule has 0 bridgehead atoms. The number of aliphatic hydroxyl groups is 4. The lowest BCUT2D eigenvalue weighted by Crippen LogP contribution is -2.56. The van der Waals surface area contributed by atoms with Gasteiger partial charge in [0.15, 0.2) is 0 Å². The lowest BCUT2D eigenvalue weighted by molar-refractivity contribution is -0.186. The van der Waals surface area contributed by atoms with Crippen LogP contribution in [0, 0.1) is 18.3 Å². The normalized spacial score (nSPS) is 29.1. The molecule has 85 heavy (non-hydrogen) atoms. The molecule has 16 unspecified atom stereocenters. The number of ether oxygens (including phenoxy) is 7. The summed E-state index contributed by atoms with van der Waals surface area (Å²) in [6.45, 7) is 3.89. The summed E-state index contributed by atoms with van der Waals surface area (Å²) in [6, 6.07) is 20.6. The number of aliphatic hydroxyl groups excluding tert-OH is 4. The summed E-state index contributed by atoms with van der Waals surface area (Å²) in [7, 11) is 3.04. The Morgan fingerprint density at radius 1 is 0.706 bits per heavy atom. The molecule has 4 saturated heterocycles. The predicted octanol–water partition coefficient (Wildman–Crippen LogP) is 3.42. The van der Waals surface area contributed by atoms with Crippen molar-refractivity contribution in [1.29, 1.82) is 0 Å². The minimum Gasteiger partial charge on any atom is -0.463 e. The Kier molecular flexibility index (Phi) is 22.1. The lowest BCUT2D eigenvalue weighted by Gasteiger charge is -2.45. The van der Waals surface area contributed by atoms with E-state index in [0.717, 1.165) is 16.7 Å². The van der Waals surface area contributed by atoms with Crippen LogP contribution in [0.15, 0.2) is 121 Å². The Bertz CT molecular complexity index is 3280. The van der Waals surface area contributed by atoms with Gasteiger partial charge in [0.1, 0.15) is 77.1 Å². The van der Waals surface area contributed by atoms with Crippen molar-refractivity contribution >= 4 is 29.5 Å². The van der Waals surface area contributed by atoms with Gasteiger partial charge in [-0.1, -0.05) is 94.3 Å². The fraction of sp³-hybridized carbons (Fsp3) is 0.473. The van der Waals surface area contributed by atoms with Crippen LogP contribution in [0.25, 0.3) is 44.2 Å². The van der Waals surface area contributed by atoms with Crippen molar-refractivity contribution in [2.45, 2.75) is 102 Å². The molecule has 11 rings (SSSR count). The van der Waals surface area contributed by atoms with Crippen LogP contribution in [0.3, 0.4) is 0 Å². The van der Waals surface area contributed by atoms with Gasteiger partial charge in [-0.2, -0.15) is 20.4 Å². The monoisotopic (exact) mass is 1200 g/mol. The molecule has 4 fully saturated rings. The Hall–Kier alpha value is -7.34. The van der Waals surface area contributed by atoms with Crippen molar-refractivity contribution in [3.8, 4) is 46.1 Å². The number of rotatable bonds is 16. The van der Waals surface area contributed by atoms with Crippen LogP contribution in [0.1, 0.15) is 37.5 Å². The van der Waals surface area contributed by atoms with Crippen molar-refractivity contribution in [2.24, 2.45) is 11.0 Å². The summed E-state index contributed by atoms with van der Waals surface area (Å²) in [5, 5.41) is 87.3. The average Bonchev–Trinajstić information content (AvgIpc) is 4.37. The molecule has 2 aromatic carbocycles. The van der Waals surface area contributed by atoms with E-state index < -0.39 is 95.6 Å². The van der Waals surface area contributed by atoms with E-state index in [0.29, 0.717) is 22.6 Å². The first-order valence-corrected chi connectivity index (χ1v) is 28.8. The maximum atomic E-state index is 11.4. The molecule has 0 saturated carbocycles. The van der Waals surface area contributed by atoms with Gasteiger partial charge in [-0.3, -0.25) is 4.79 Å². The summed E-state index contributed by atoms with van der Waals surface area (Å²) in [5.41, 5.74) is 13.1. The third kappa shape index (κ3) is 15.2. The van der Waals surface area contributed by atoms with Gasteiger partial charge in [-0.25, -0.2) is 14.0 Å². The zero-order valence-corrected chi connectivity index (χ0v) is 48.2. The number of carbonyl (C=O) groups is 1. The second kappa shape index (κ2) is 30.1. The van der Waals surface area contributed by atoms with Crippen molar-refractivity contribution in [2.75, 3.05) is 53.9 Å². The highest BCUT2D eigenvalue weighted by molar-refractivity contribution is 8.00. The third-order valence-corrected chi connectivity index (χ3v) is 17.5. The smallest absolute Gasteiger partial charge is 0.302 e. The van der Waals surface area contributed by atoms with Gasteiger partial charge < -0.3 is 53.6 Å². The Morgan fingerprint density at radius 2 is 1.22 bits per heavy atom. The second-order valence-electron chi connectivity index (χ2n) is 19.9. The number of methoxy groups -OCH3 is 2.